The number of aryl methyl sites for hydroxylation is 2. The van der Waals surface area contributed by atoms with E-state index in [0.717, 1.165) is 29.8 Å². The number of piperazine rings is 1. The van der Waals surface area contributed by atoms with E-state index in [2.05, 4.69) is 42.0 Å². The summed E-state index contributed by atoms with van der Waals surface area (Å²) in [5, 5.41) is 2.94. The van der Waals surface area contributed by atoms with Crippen LogP contribution in [0.25, 0.3) is 0 Å². The van der Waals surface area contributed by atoms with Crippen molar-refractivity contribution in [2.24, 2.45) is 5.92 Å². The molecule has 5 rings (SSSR count). The number of anilines is 2. The molecule has 1 unspecified atom stereocenters. The second-order valence-corrected chi connectivity index (χ2v) is 12.5. The highest BCUT2D eigenvalue weighted by Gasteiger charge is 2.38. The zero-order chi connectivity index (χ0) is 27.0. The molecule has 2 aromatic rings. The average molecular weight is 540 g/mol. The Balaban J connectivity index is 1.41. The van der Waals surface area contributed by atoms with Crippen molar-refractivity contribution in [3.63, 3.8) is 0 Å². The highest BCUT2D eigenvalue weighted by molar-refractivity contribution is 7.93. The van der Waals surface area contributed by atoms with Crippen molar-refractivity contribution in [3.05, 3.63) is 52.7 Å². The summed E-state index contributed by atoms with van der Waals surface area (Å²) in [4.78, 5) is 35.1. The number of benzene rings is 1. The third-order valence-corrected chi connectivity index (χ3v) is 10.0. The minimum Gasteiger partial charge on any atom is -0.355 e. The zero-order valence-corrected chi connectivity index (χ0v) is 23.3. The number of nitrogens with zero attached hydrogens (tertiary/aromatic N) is 4. The number of hydrogen-bond acceptors (Lipinski definition) is 6. The van der Waals surface area contributed by atoms with Crippen molar-refractivity contribution >= 4 is 33.3 Å². The first-order valence-corrected chi connectivity index (χ1v) is 15.3. The molecular weight excluding hydrogens is 502 g/mol. The van der Waals surface area contributed by atoms with Gasteiger partial charge < -0.3 is 15.1 Å². The molecule has 10 heteroatoms. The fraction of sp³-hybridized carbons (Fsp3) is 0.536. The number of hydrogen-bond donors (Lipinski definition) is 1. The second kappa shape index (κ2) is 10.6. The number of rotatable bonds is 6. The molecule has 4 heterocycles. The van der Waals surface area contributed by atoms with E-state index in [1.54, 1.807) is 17.0 Å². The van der Waals surface area contributed by atoms with Gasteiger partial charge in [0.25, 0.3) is 5.91 Å². The summed E-state index contributed by atoms with van der Waals surface area (Å²) in [5.74, 6) is 0.590. The predicted octanol–water partition coefficient (Wildman–Crippen LogP) is 2.69. The fourth-order valence-corrected chi connectivity index (χ4v) is 7.53. The van der Waals surface area contributed by atoms with Crippen LogP contribution in [0.5, 0.6) is 0 Å². The number of carbonyl (C=O) groups is 2. The Morgan fingerprint density at radius 3 is 2.50 bits per heavy atom. The van der Waals surface area contributed by atoms with Gasteiger partial charge >= 0.3 is 0 Å². The van der Waals surface area contributed by atoms with E-state index >= 15 is 0 Å². The van der Waals surface area contributed by atoms with Gasteiger partial charge in [-0.15, -0.1) is 0 Å². The molecule has 2 amide bonds. The van der Waals surface area contributed by atoms with Gasteiger partial charge in [0.05, 0.1) is 22.9 Å². The quantitative estimate of drug-likeness (QED) is 0.606. The first-order chi connectivity index (χ1) is 18.2. The molecule has 1 N–H and O–H groups in total. The lowest BCUT2D eigenvalue weighted by atomic mass is 9.86. The maximum atomic E-state index is 13.8. The van der Waals surface area contributed by atoms with Crippen LogP contribution in [0.2, 0.25) is 0 Å². The molecule has 0 aliphatic carbocycles. The van der Waals surface area contributed by atoms with Crippen molar-refractivity contribution in [2.45, 2.75) is 46.0 Å². The molecule has 0 radical (unpaired) electrons. The summed E-state index contributed by atoms with van der Waals surface area (Å²) in [5.41, 5.74) is 3.87. The fourth-order valence-electron chi connectivity index (χ4n) is 5.96. The van der Waals surface area contributed by atoms with Gasteiger partial charge in [0.2, 0.25) is 15.9 Å². The predicted molar refractivity (Wildman–Crippen MR) is 148 cm³/mol. The second-order valence-electron chi connectivity index (χ2n) is 10.5. The SMILES string of the molecule is CCc1cnc(N2CCN(C(=O)c3ccc([C@@H]4C(=O)NCC4CC)cc3N3CCCS3(=O)=O)CC2)c(C)c1. The lowest BCUT2D eigenvalue weighted by molar-refractivity contribution is -0.120. The molecule has 1 aromatic heterocycles. The van der Waals surface area contributed by atoms with Crippen LogP contribution in [0.4, 0.5) is 11.5 Å². The van der Waals surface area contributed by atoms with Crippen molar-refractivity contribution < 1.29 is 18.0 Å². The van der Waals surface area contributed by atoms with Crippen molar-refractivity contribution in [2.75, 3.05) is 54.2 Å². The molecule has 3 aliphatic heterocycles. The van der Waals surface area contributed by atoms with Gasteiger partial charge in [0.1, 0.15) is 5.82 Å². The Bertz CT molecular complexity index is 1340. The number of aromatic nitrogens is 1. The van der Waals surface area contributed by atoms with Gasteiger partial charge in [-0.3, -0.25) is 13.9 Å². The summed E-state index contributed by atoms with van der Waals surface area (Å²) in [6.07, 6.45) is 4.21. The van der Waals surface area contributed by atoms with Crippen LogP contribution in [0.1, 0.15) is 59.7 Å². The number of sulfonamides is 1. The molecule has 3 fully saturated rings. The van der Waals surface area contributed by atoms with E-state index in [-0.39, 0.29) is 29.4 Å². The highest BCUT2D eigenvalue weighted by atomic mass is 32.2. The number of pyridine rings is 1. The molecule has 1 aromatic carbocycles. The molecule has 204 valence electrons. The Kier molecular flexibility index (Phi) is 7.35. The summed E-state index contributed by atoms with van der Waals surface area (Å²) in [6.45, 7) is 9.53. The standard InChI is InChI=1S/C28H37N5O4S/c1-4-20-15-19(3)26(29-17-20)31-10-12-32(13-11-31)28(35)23-8-7-22(25-21(5-2)18-30-27(25)34)16-24(23)33-9-6-14-38(33,36)37/h7-8,15-17,21,25H,4-6,9-14,18H2,1-3H3,(H,30,34)/t21?,25-/m1/s1. The molecule has 3 aliphatic rings. The number of amides is 2. The van der Waals surface area contributed by atoms with E-state index in [0.29, 0.717) is 56.9 Å². The maximum absolute atomic E-state index is 13.8. The first kappa shape index (κ1) is 26.5. The number of carbonyl (C=O) groups excluding carboxylic acids is 2. The van der Waals surface area contributed by atoms with E-state index in [1.807, 2.05) is 12.3 Å². The molecular formula is C28H37N5O4S. The van der Waals surface area contributed by atoms with Crippen LogP contribution >= 0.6 is 0 Å². The summed E-state index contributed by atoms with van der Waals surface area (Å²) in [7, 11) is -3.51. The van der Waals surface area contributed by atoms with Crippen LogP contribution in [-0.4, -0.2) is 75.1 Å². The first-order valence-electron chi connectivity index (χ1n) is 13.6. The topological polar surface area (TPSA) is 103 Å². The third kappa shape index (κ3) is 4.86. The molecule has 0 spiro atoms. The summed E-state index contributed by atoms with van der Waals surface area (Å²) in [6, 6.07) is 7.49. The Labute approximate surface area is 225 Å². The van der Waals surface area contributed by atoms with Crippen LogP contribution < -0.4 is 14.5 Å². The minimum atomic E-state index is -3.51. The van der Waals surface area contributed by atoms with Crippen LogP contribution in [0.15, 0.2) is 30.5 Å². The summed E-state index contributed by atoms with van der Waals surface area (Å²) >= 11 is 0. The smallest absolute Gasteiger partial charge is 0.256 e. The van der Waals surface area contributed by atoms with Gasteiger partial charge in [0, 0.05) is 45.5 Å². The molecule has 38 heavy (non-hydrogen) atoms. The van der Waals surface area contributed by atoms with Crippen molar-refractivity contribution in [1.29, 1.82) is 0 Å². The third-order valence-electron chi connectivity index (χ3n) is 8.18. The molecule has 0 saturated carbocycles. The van der Waals surface area contributed by atoms with Crippen LogP contribution in [0, 0.1) is 12.8 Å². The Hall–Kier alpha value is -3.14. The minimum absolute atomic E-state index is 0.0434. The number of nitrogens with one attached hydrogen (secondary N) is 1. The van der Waals surface area contributed by atoms with E-state index < -0.39 is 10.0 Å². The summed E-state index contributed by atoms with van der Waals surface area (Å²) < 4.78 is 27.2. The van der Waals surface area contributed by atoms with E-state index in [4.69, 9.17) is 0 Å². The normalized spacial score (nSPS) is 23.1. The van der Waals surface area contributed by atoms with Gasteiger partial charge in [-0.05, 0) is 54.5 Å². The van der Waals surface area contributed by atoms with Crippen molar-refractivity contribution in [3.8, 4) is 0 Å². The highest BCUT2D eigenvalue weighted by Crippen LogP contribution is 2.37. The lowest BCUT2D eigenvalue weighted by Gasteiger charge is -2.36. The Morgan fingerprint density at radius 2 is 1.87 bits per heavy atom. The monoisotopic (exact) mass is 539 g/mol. The van der Waals surface area contributed by atoms with Crippen LogP contribution in [-0.2, 0) is 21.2 Å². The molecule has 0 bridgehead atoms. The van der Waals surface area contributed by atoms with Crippen LogP contribution in [0.3, 0.4) is 0 Å². The van der Waals surface area contributed by atoms with Gasteiger partial charge in [0.15, 0.2) is 0 Å². The van der Waals surface area contributed by atoms with E-state index in [1.165, 1.54) is 9.87 Å². The van der Waals surface area contributed by atoms with Gasteiger partial charge in [-0.1, -0.05) is 32.4 Å². The average Bonchev–Trinajstić information content (AvgIpc) is 3.48. The lowest BCUT2D eigenvalue weighted by Crippen LogP contribution is -2.49. The molecule has 2 atom stereocenters. The van der Waals surface area contributed by atoms with E-state index in [9.17, 15) is 18.0 Å². The molecule has 3 saturated heterocycles. The molecule has 9 nitrogen and oxygen atoms in total. The largest absolute Gasteiger partial charge is 0.355 e. The Morgan fingerprint density at radius 1 is 1.11 bits per heavy atom. The van der Waals surface area contributed by atoms with Crippen molar-refractivity contribution in [1.82, 2.24) is 15.2 Å². The van der Waals surface area contributed by atoms with Gasteiger partial charge in [-0.25, -0.2) is 13.4 Å². The van der Waals surface area contributed by atoms with Gasteiger partial charge in [-0.2, -0.15) is 0 Å². The zero-order valence-electron chi connectivity index (χ0n) is 22.4. The maximum Gasteiger partial charge on any atom is 0.256 e.